The van der Waals surface area contributed by atoms with Crippen molar-refractivity contribution in [1.82, 2.24) is 24.5 Å². The number of nitrogens with one attached hydrogen (secondary N) is 1. The average molecular weight is 692 g/mol. The van der Waals surface area contributed by atoms with Crippen LogP contribution >= 0.6 is 31.0 Å². The van der Waals surface area contributed by atoms with Crippen LogP contribution in [0, 0.1) is 11.3 Å². The van der Waals surface area contributed by atoms with Crippen LogP contribution in [-0.4, -0.2) is 109 Å². The number of rotatable bonds is 10. The molecule has 0 unspecified atom stereocenters. The first-order valence-electron chi connectivity index (χ1n) is 13.7. The Kier molecular flexibility index (Phi) is 11.5. The van der Waals surface area contributed by atoms with Crippen molar-refractivity contribution in [3.05, 3.63) is 52.0 Å². The lowest BCUT2D eigenvalue weighted by atomic mass is 10.1. The van der Waals surface area contributed by atoms with E-state index in [0.717, 1.165) is 30.5 Å². The first-order chi connectivity index (χ1) is 20.7. The van der Waals surface area contributed by atoms with Gasteiger partial charge in [-0.05, 0) is 56.3 Å². The third-order valence-electron chi connectivity index (χ3n) is 7.20. The van der Waals surface area contributed by atoms with Gasteiger partial charge in [-0.3, -0.25) is 4.90 Å². The second-order valence-corrected chi connectivity index (χ2v) is 14.3. The fraction of sp³-hybridized carbons (Fsp3) is 0.462. The molecule has 2 aliphatic heterocycles. The summed E-state index contributed by atoms with van der Waals surface area (Å²) < 4.78 is 51.0. The van der Waals surface area contributed by atoms with E-state index in [1.807, 2.05) is 13.1 Å². The fourth-order valence-electron chi connectivity index (χ4n) is 4.89. The summed E-state index contributed by atoms with van der Waals surface area (Å²) in [7, 11) is -7.31. The van der Waals surface area contributed by atoms with Crippen molar-refractivity contribution in [2.24, 2.45) is 0 Å². The number of carbonyl (C=O) groups is 1. The lowest BCUT2D eigenvalue weighted by molar-refractivity contribution is -0.0809. The molecule has 0 saturated carbocycles. The highest BCUT2D eigenvalue weighted by atomic mass is 35.5. The number of urea groups is 1. The smallest absolute Gasteiger partial charge is 0.456 e. The van der Waals surface area contributed by atoms with Crippen molar-refractivity contribution in [3.8, 4) is 17.6 Å². The van der Waals surface area contributed by atoms with Gasteiger partial charge in [0.05, 0.1) is 17.7 Å². The van der Waals surface area contributed by atoms with E-state index in [-0.39, 0.29) is 64.5 Å². The van der Waals surface area contributed by atoms with Gasteiger partial charge in [-0.15, -0.1) is 0 Å². The van der Waals surface area contributed by atoms with Crippen LogP contribution in [0.4, 0.5) is 4.79 Å². The number of piperidine rings is 1. The fourth-order valence-corrected chi connectivity index (χ4v) is 7.44. The van der Waals surface area contributed by atoms with Crippen molar-refractivity contribution in [2.75, 3.05) is 59.4 Å². The van der Waals surface area contributed by atoms with E-state index < -0.39 is 29.9 Å². The number of hydrogen-bond acceptors (Lipinski definition) is 9. The largest absolute Gasteiger partial charge is 0.491 e. The van der Waals surface area contributed by atoms with E-state index >= 15 is 0 Å². The number of amides is 2. The van der Waals surface area contributed by atoms with Gasteiger partial charge in [-0.1, -0.05) is 23.2 Å². The molecule has 2 aliphatic rings. The zero-order chi connectivity index (χ0) is 32.1. The summed E-state index contributed by atoms with van der Waals surface area (Å²) >= 11 is 12.1. The number of hydroxylamine groups is 2. The van der Waals surface area contributed by atoms with Crippen molar-refractivity contribution in [1.29, 1.82) is 5.26 Å². The first-order valence-corrected chi connectivity index (χ1v) is 17.4. The Hall–Kier alpha value is -2.48. The molecule has 18 heteroatoms. The van der Waals surface area contributed by atoms with Crippen molar-refractivity contribution in [3.63, 3.8) is 0 Å². The summed E-state index contributed by atoms with van der Waals surface area (Å²) in [5.74, 6) is 0.127. The molecule has 0 atom stereocenters. The molecule has 4 rings (SSSR count). The summed E-state index contributed by atoms with van der Waals surface area (Å²) in [6.45, 7) is 4.01. The minimum Gasteiger partial charge on any atom is -0.456 e. The molecule has 14 nitrogen and oxygen atoms in total. The minimum atomic E-state index is -5.11. The van der Waals surface area contributed by atoms with Crippen LogP contribution in [0.3, 0.4) is 0 Å². The van der Waals surface area contributed by atoms with Crippen LogP contribution < -0.4 is 10.1 Å². The number of sulfonamides is 1. The van der Waals surface area contributed by atoms with Crippen molar-refractivity contribution in [2.45, 2.75) is 23.8 Å². The highest BCUT2D eigenvalue weighted by molar-refractivity contribution is 7.89. The number of carbonyl (C=O) groups excluding carboxylic acids is 1. The van der Waals surface area contributed by atoms with Crippen molar-refractivity contribution < 1.29 is 36.9 Å². The van der Waals surface area contributed by atoms with Gasteiger partial charge in [0.15, 0.2) is 0 Å². The Morgan fingerprint density at radius 2 is 1.73 bits per heavy atom. The van der Waals surface area contributed by atoms with E-state index in [2.05, 4.69) is 15.1 Å². The molecule has 0 aromatic heterocycles. The first kappa shape index (κ1) is 34.4. The zero-order valence-electron chi connectivity index (χ0n) is 23.8. The third-order valence-corrected chi connectivity index (χ3v) is 9.95. The van der Waals surface area contributed by atoms with Crippen molar-refractivity contribution >= 4 is 47.1 Å². The molecule has 0 bridgehead atoms. The Morgan fingerprint density at radius 3 is 2.32 bits per heavy atom. The van der Waals surface area contributed by atoms with Crippen LogP contribution in [0.25, 0.3) is 0 Å². The van der Waals surface area contributed by atoms with E-state index in [1.165, 1.54) is 36.4 Å². The second kappa shape index (κ2) is 14.7. The highest BCUT2D eigenvalue weighted by Crippen LogP contribution is 2.40. The monoisotopic (exact) mass is 690 g/mol. The van der Waals surface area contributed by atoms with Crippen LogP contribution in [0.15, 0.2) is 41.3 Å². The van der Waals surface area contributed by atoms with E-state index in [1.54, 1.807) is 0 Å². The van der Waals surface area contributed by atoms with Gasteiger partial charge in [0.2, 0.25) is 10.0 Å². The van der Waals surface area contributed by atoms with Gasteiger partial charge in [-0.2, -0.15) is 19.3 Å². The highest BCUT2D eigenvalue weighted by Gasteiger charge is 2.38. The van der Waals surface area contributed by atoms with E-state index in [9.17, 15) is 32.8 Å². The molecule has 2 saturated heterocycles. The molecule has 0 spiro atoms. The van der Waals surface area contributed by atoms with Crippen LogP contribution in [-0.2, 0) is 19.2 Å². The predicted octanol–water partition coefficient (Wildman–Crippen LogP) is 3.09. The van der Waals surface area contributed by atoms with Gasteiger partial charge < -0.3 is 24.7 Å². The normalized spacial score (nSPS) is 17.6. The topological polar surface area (TPSA) is 176 Å². The summed E-state index contributed by atoms with van der Waals surface area (Å²) in [5, 5.41) is 13.2. The molecular weight excluding hydrogens is 658 g/mol. The van der Waals surface area contributed by atoms with Crippen LogP contribution in [0.1, 0.15) is 18.4 Å². The van der Waals surface area contributed by atoms with Gasteiger partial charge in [-0.25, -0.2) is 17.8 Å². The average Bonchev–Trinajstić information content (AvgIpc) is 2.96. The maximum atomic E-state index is 13.8. The second-order valence-electron chi connectivity index (χ2n) is 10.4. The Labute approximate surface area is 265 Å². The number of phosphoric acid groups is 1. The number of piperazine rings is 1. The molecule has 0 radical (unpaired) electrons. The standard InChI is InChI=1S/C26H33Cl2N6O8PS/c1-31-10-12-32(13-11-31)9-6-30-26(35)34(42-43(36,37)38)22-4-7-33(8-5-22)44(39,40)25-14-19(18-29)2-3-24(25)41-23-16-20(27)15-21(28)17-23/h2-3,14-17,22H,4-13H2,1H3,(H,30,35)(H2,36,37,38). The van der Waals surface area contributed by atoms with Crippen LogP contribution in [0.5, 0.6) is 11.5 Å². The molecule has 2 amide bonds. The van der Waals surface area contributed by atoms with Gasteiger partial charge in [0, 0.05) is 62.4 Å². The zero-order valence-corrected chi connectivity index (χ0v) is 27.0. The molecule has 3 N–H and O–H groups in total. The third kappa shape index (κ3) is 9.27. The Morgan fingerprint density at radius 1 is 1.09 bits per heavy atom. The number of nitrogens with zero attached hydrogens (tertiary/aromatic N) is 5. The Balaban J connectivity index is 1.46. The summed E-state index contributed by atoms with van der Waals surface area (Å²) in [5.41, 5.74) is 0.0874. The van der Waals surface area contributed by atoms with Crippen LogP contribution in [0.2, 0.25) is 10.0 Å². The van der Waals surface area contributed by atoms with Gasteiger partial charge >= 0.3 is 13.9 Å². The molecular formula is C26H33Cl2N6O8PS. The lowest BCUT2D eigenvalue weighted by Crippen LogP contribution is -2.52. The van der Waals surface area contributed by atoms with Gasteiger partial charge in [0.25, 0.3) is 0 Å². The molecule has 2 fully saturated rings. The molecule has 0 aliphatic carbocycles. The molecule has 44 heavy (non-hydrogen) atoms. The van der Waals surface area contributed by atoms with E-state index in [0.29, 0.717) is 11.6 Å². The van der Waals surface area contributed by atoms with Gasteiger partial charge in [0.1, 0.15) is 16.4 Å². The maximum absolute atomic E-state index is 13.8. The molecule has 2 aromatic carbocycles. The summed E-state index contributed by atoms with van der Waals surface area (Å²) in [4.78, 5) is 36.0. The Bertz CT molecular complexity index is 1520. The predicted molar refractivity (Wildman–Crippen MR) is 162 cm³/mol. The number of likely N-dealkylation sites (N-methyl/N-ethyl adjacent to an activating group) is 1. The summed E-state index contributed by atoms with van der Waals surface area (Å²) in [6, 6.07) is 8.63. The number of ether oxygens (including phenoxy) is 1. The SMILES string of the molecule is CN1CCN(CCNC(=O)N(OP(=O)(O)O)C2CCN(S(=O)(=O)c3cc(C#N)ccc3Oc3cc(Cl)cc(Cl)c3)CC2)CC1. The van der Waals surface area contributed by atoms with E-state index in [4.69, 9.17) is 32.6 Å². The molecule has 2 aromatic rings. The summed E-state index contributed by atoms with van der Waals surface area (Å²) in [6.07, 6.45) is 0.0340. The minimum absolute atomic E-state index is 0.0170. The molecule has 240 valence electrons. The number of benzene rings is 2. The lowest BCUT2D eigenvalue weighted by Gasteiger charge is -2.37. The number of halogens is 2. The number of hydrogen-bond donors (Lipinski definition) is 3. The number of nitriles is 1. The maximum Gasteiger partial charge on any atom is 0.491 e. The quantitative estimate of drug-likeness (QED) is 0.247. The molecule has 2 heterocycles.